The predicted octanol–water partition coefficient (Wildman–Crippen LogP) is 16.9. The molecule has 0 radical (unpaired) electrons. The second kappa shape index (κ2) is 14.1. The highest BCUT2D eigenvalue weighted by molar-refractivity contribution is 6.19. The van der Waals surface area contributed by atoms with Gasteiger partial charge in [0.1, 0.15) is 11.2 Å². The van der Waals surface area contributed by atoms with Crippen LogP contribution in [0.15, 0.2) is 235 Å². The highest BCUT2D eigenvalue weighted by atomic mass is 16.3. The van der Waals surface area contributed by atoms with Crippen LogP contribution in [-0.4, -0.2) is 4.57 Å². The summed E-state index contributed by atoms with van der Waals surface area (Å²) >= 11 is 0. The monoisotopic (exact) mass is 802 g/mol. The molecule has 0 aliphatic carbocycles. The zero-order valence-electron chi connectivity index (χ0n) is 34.2. The van der Waals surface area contributed by atoms with E-state index in [9.17, 15) is 0 Å². The Labute approximate surface area is 363 Å². The number of hydrogen-bond acceptors (Lipinski definition) is 2. The Balaban J connectivity index is 0.941. The fraction of sp³-hybridized carbons (Fsp3) is 0. The highest BCUT2D eigenvalue weighted by Gasteiger charge is 2.19. The quantitative estimate of drug-likeness (QED) is 0.167. The van der Waals surface area contributed by atoms with Crippen LogP contribution in [0.25, 0.3) is 104 Å². The Morgan fingerprint density at radius 3 is 1.60 bits per heavy atom. The van der Waals surface area contributed by atoms with Crippen LogP contribution in [0.5, 0.6) is 0 Å². The first kappa shape index (κ1) is 35.4. The molecule has 11 aromatic carbocycles. The maximum atomic E-state index is 6.56. The molecule has 0 bridgehead atoms. The van der Waals surface area contributed by atoms with Crippen molar-refractivity contribution in [2.24, 2.45) is 0 Å². The van der Waals surface area contributed by atoms with Crippen LogP contribution < -0.4 is 4.90 Å². The lowest BCUT2D eigenvalue weighted by Crippen LogP contribution is -2.09. The minimum Gasteiger partial charge on any atom is -0.455 e. The van der Waals surface area contributed by atoms with Crippen LogP contribution in [0, 0.1) is 0 Å². The number of fused-ring (bicyclic) bond motifs is 11. The maximum absolute atomic E-state index is 6.56. The Morgan fingerprint density at radius 2 is 0.857 bits per heavy atom. The third-order valence-corrected chi connectivity index (χ3v) is 12.9. The molecule has 0 saturated carbocycles. The molecule has 0 N–H and O–H groups in total. The molecule has 63 heavy (non-hydrogen) atoms. The van der Waals surface area contributed by atoms with E-state index in [0.29, 0.717) is 0 Å². The van der Waals surface area contributed by atoms with Crippen molar-refractivity contribution in [3.05, 3.63) is 231 Å². The molecular formula is C60H38N2O. The van der Waals surface area contributed by atoms with E-state index in [1.807, 2.05) is 0 Å². The van der Waals surface area contributed by atoms with Crippen LogP contribution in [0.3, 0.4) is 0 Å². The number of rotatable bonds is 6. The summed E-state index contributed by atoms with van der Waals surface area (Å²) in [6.45, 7) is 0. The number of hydrogen-bond donors (Lipinski definition) is 0. The summed E-state index contributed by atoms with van der Waals surface area (Å²) in [5, 5.41) is 12.0. The third-order valence-electron chi connectivity index (χ3n) is 12.9. The number of nitrogens with zero attached hydrogens (tertiary/aromatic N) is 2. The number of anilines is 3. The van der Waals surface area contributed by atoms with E-state index in [2.05, 4.69) is 240 Å². The average Bonchev–Trinajstić information content (AvgIpc) is 3.90. The topological polar surface area (TPSA) is 21.3 Å². The van der Waals surface area contributed by atoms with Gasteiger partial charge in [0.25, 0.3) is 0 Å². The summed E-state index contributed by atoms with van der Waals surface area (Å²) in [5.74, 6) is 0. The minimum atomic E-state index is 0.878. The molecule has 294 valence electrons. The van der Waals surface area contributed by atoms with Crippen LogP contribution in [0.1, 0.15) is 0 Å². The average molecular weight is 803 g/mol. The van der Waals surface area contributed by atoms with Gasteiger partial charge in [0.15, 0.2) is 0 Å². The van der Waals surface area contributed by atoms with Crippen molar-refractivity contribution in [1.29, 1.82) is 0 Å². The lowest BCUT2D eigenvalue weighted by molar-refractivity contribution is 0.672. The van der Waals surface area contributed by atoms with Gasteiger partial charge in [-0.2, -0.15) is 0 Å². The van der Waals surface area contributed by atoms with Crippen molar-refractivity contribution in [2.45, 2.75) is 0 Å². The number of benzene rings is 11. The molecule has 0 saturated heterocycles. The van der Waals surface area contributed by atoms with Crippen LogP contribution in [0.2, 0.25) is 0 Å². The molecule has 3 nitrogen and oxygen atoms in total. The highest BCUT2D eigenvalue weighted by Crippen LogP contribution is 2.43. The van der Waals surface area contributed by atoms with E-state index in [4.69, 9.17) is 4.42 Å². The standard InChI is InChI=1S/C60H38N2O/c1-2-14-47(15-3-1)62-57-37-46(26-32-53(57)54-33-24-42-11-6-8-16-51(42)59(54)62)41-22-29-49(30-23-41)61(48-27-20-40(21-28-48)45-19-18-39-10-4-5-13-44(39)36-45)50-31-35-58-56(38-50)55-34-25-43-12-7-9-17-52(43)60(55)63-58/h1-38H. The molecule has 2 heterocycles. The van der Waals surface area contributed by atoms with Crippen molar-refractivity contribution in [2.75, 3.05) is 4.90 Å². The molecule has 13 aromatic rings. The second-order valence-corrected chi connectivity index (χ2v) is 16.5. The first-order chi connectivity index (χ1) is 31.2. The van der Waals surface area contributed by atoms with Crippen molar-refractivity contribution in [1.82, 2.24) is 4.57 Å². The van der Waals surface area contributed by atoms with Gasteiger partial charge in [-0.15, -0.1) is 0 Å². The first-order valence-electron chi connectivity index (χ1n) is 21.6. The Hall–Kier alpha value is -8.40. The summed E-state index contributed by atoms with van der Waals surface area (Å²) in [6, 6.07) is 83.5. The first-order valence-corrected chi connectivity index (χ1v) is 21.6. The largest absolute Gasteiger partial charge is 0.455 e. The summed E-state index contributed by atoms with van der Waals surface area (Å²) in [4.78, 5) is 2.36. The fourth-order valence-corrected chi connectivity index (χ4v) is 9.86. The lowest BCUT2D eigenvalue weighted by Gasteiger charge is -2.26. The maximum Gasteiger partial charge on any atom is 0.143 e. The smallest absolute Gasteiger partial charge is 0.143 e. The zero-order chi connectivity index (χ0) is 41.4. The van der Waals surface area contributed by atoms with Crippen molar-refractivity contribution < 1.29 is 4.42 Å². The molecule has 13 rings (SSSR count). The minimum absolute atomic E-state index is 0.878. The van der Waals surface area contributed by atoms with Crippen molar-refractivity contribution in [3.8, 4) is 27.9 Å². The molecule has 0 spiro atoms. The molecule has 0 aliphatic rings. The summed E-state index contributed by atoms with van der Waals surface area (Å²) in [7, 11) is 0. The Morgan fingerprint density at radius 1 is 0.317 bits per heavy atom. The predicted molar refractivity (Wildman–Crippen MR) is 266 cm³/mol. The van der Waals surface area contributed by atoms with Gasteiger partial charge in [0.2, 0.25) is 0 Å². The Bertz CT molecular complexity index is 3900. The molecule has 0 fully saturated rings. The van der Waals surface area contributed by atoms with E-state index in [0.717, 1.165) is 55.6 Å². The molecule has 2 aromatic heterocycles. The van der Waals surface area contributed by atoms with Gasteiger partial charge in [0.05, 0.1) is 11.0 Å². The van der Waals surface area contributed by atoms with Gasteiger partial charge in [-0.3, -0.25) is 0 Å². The third kappa shape index (κ3) is 5.75. The van der Waals surface area contributed by atoms with E-state index in [1.165, 1.54) is 65.4 Å². The van der Waals surface area contributed by atoms with Gasteiger partial charge in [-0.1, -0.05) is 158 Å². The lowest BCUT2D eigenvalue weighted by atomic mass is 10.0. The number of para-hydroxylation sites is 1. The SMILES string of the molecule is c1ccc(-n2c3cc(-c4ccc(N(c5ccc(-c6ccc7ccccc7c6)cc5)c5ccc6oc7c8ccccc8ccc7c6c5)cc4)ccc3c3ccc4ccccc4c32)cc1. The van der Waals surface area contributed by atoms with Gasteiger partial charge in [-0.25, -0.2) is 0 Å². The van der Waals surface area contributed by atoms with Crippen molar-refractivity contribution >= 4 is 93.1 Å². The van der Waals surface area contributed by atoms with E-state index >= 15 is 0 Å². The van der Waals surface area contributed by atoms with Crippen LogP contribution >= 0.6 is 0 Å². The number of aromatic nitrogens is 1. The molecule has 0 aliphatic heterocycles. The van der Waals surface area contributed by atoms with Gasteiger partial charge >= 0.3 is 0 Å². The van der Waals surface area contributed by atoms with E-state index in [-0.39, 0.29) is 0 Å². The normalized spacial score (nSPS) is 11.8. The zero-order valence-corrected chi connectivity index (χ0v) is 34.2. The fourth-order valence-electron chi connectivity index (χ4n) is 9.86. The molecule has 0 unspecified atom stereocenters. The van der Waals surface area contributed by atoms with Crippen LogP contribution in [-0.2, 0) is 0 Å². The molecule has 0 amide bonds. The summed E-state index contributed by atoms with van der Waals surface area (Å²) < 4.78 is 9.00. The Kier molecular flexibility index (Phi) is 7.91. The van der Waals surface area contributed by atoms with Gasteiger partial charge < -0.3 is 13.9 Å². The number of furan rings is 1. The van der Waals surface area contributed by atoms with Crippen molar-refractivity contribution in [3.63, 3.8) is 0 Å². The molecule has 0 atom stereocenters. The van der Waals surface area contributed by atoms with Gasteiger partial charge in [-0.05, 0) is 117 Å². The molecular weight excluding hydrogens is 765 g/mol. The second-order valence-electron chi connectivity index (χ2n) is 16.5. The van der Waals surface area contributed by atoms with Crippen LogP contribution in [0.4, 0.5) is 17.1 Å². The van der Waals surface area contributed by atoms with E-state index in [1.54, 1.807) is 0 Å². The van der Waals surface area contributed by atoms with Gasteiger partial charge in [0, 0.05) is 55.1 Å². The summed E-state index contributed by atoms with van der Waals surface area (Å²) in [6.07, 6.45) is 0. The molecule has 3 heteroatoms. The van der Waals surface area contributed by atoms with E-state index < -0.39 is 0 Å². The summed E-state index contributed by atoms with van der Waals surface area (Å²) in [5.41, 5.74) is 13.3.